The van der Waals surface area contributed by atoms with Gasteiger partial charge in [-0.25, -0.2) is 4.39 Å². The molecule has 0 aliphatic carbocycles. The minimum atomic E-state index is -2.41. The molecule has 3 nitrogen and oxygen atoms in total. The van der Waals surface area contributed by atoms with Crippen LogP contribution in [-0.2, 0) is 11.1 Å². The third kappa shape index (κ3) is 2.77. The molecule has 0 aliphatic rings. The van der Waals surface area contributed by atoms with Crippen LogP contribution in [0.4, 0.5) is 4.39 Å². The maximum atomic E-state index is 13.2. The van der Waals surface area contributed by atoms with Crippen LogP contribution in [0.3, 0.4) is 0 Å². The van der Waals surface area contributed by atoms with E-state index >= 15 is 0 Å². The minimum Gasteiger partial charge on any atom is -0.768 e. The van der Waals surface area contributed by atoms with Gasteiger partial charge in [0.1, 0.15) is 0 Å². The van der Waals surface area contributed by atoms with E-state index < -0.39 is 16.9 Å². The van der Waals surface area contributed by atoms with Gasteiger partial charge in [-0.05, 0) is 30.1 Å². The van der Waals surface area contributed by atoms with Gasteiger partial charge >= 0.3 is 29.6 Å². The number of methoxy groups -OCH3 is 1. The van der Waals surface area contributed by atoms with E-state index in [-0.39, 0.29) is 45.8 Å². The second-order valence-electron chi connectivity index (χ2n) is 2.44. The first kappa shape index (κ1) is 14.1. The molecule has 0 saturated heterocycles. The minimum absolute atomic E-state index is 0. The first-order valence-corrected chi connectivity index (χ1v) is 4.57. The summed E-state index contributed by atoms with van der Waals surface area (Å²) in [5.74, 6) is -0.587. The summed E-state index contributed by atoms with van der Waals surface area (Å²) in [5, 5.41) is 0. The molecule has 1 aromatic carbocycles. The zero-order valence-electron chi connectivity index (χ0n) is 8.17. The Labute approximate surface area is 106 Å². The second-order valence-corrected chi connectivity index (χ2v) is 3.35. The third-order valence-electron chi connectivity index (χ3n) is 1.70. The smallest absolute Gasteiger partial charge is 0.768 e. The van der Waals surface area contributed by atoms with Crippen LogP contribution in [0.1, 0.15) is 5.56 Å². The van der Waals surface area contributed by atoms with Crippen LogP contribution in [-0.4, -0.2) is 15.9 Å². The fraction of sp³-hybridized carbons (Fsp3) is 0.250. The van der Waals surface area contributed by atoms with Crippen molar-refractivity contribution in [1.29, 1.82) is 0 Å². The van der Waals surface area contributed by atoms with Gasteiger partial charge < -0.3 is 9.29 Å². The molecule has 0 aliphatic heterocycles. The Morgan fingerprint density at radius 2 is 2.07 bits per heavy atom. The van der Waals surface area contributed by atoms with Gasteiger partial charge in [-0.2, -0.15) is 0 Å². The van der Waals surface area contributed by atoms with Crippen LogP contribution >= 0.6 is 0 Å². The molecular formula is C8H8FNaO3S. The molecule has 1 rings (SSSR count). The van der Waals surface area contributed by atoms with Crippen LogP contribution in [0.15, 0.2) is 17.0 Å². The van der Waals surface area contributed by atoms with Crippen LogP contribution in [0.2, 0.25) is 0 Å². The van der Waals surface area contributed by atoms with Crippen molar-refractivity contribution in [3.63, 3.8) is 0 Å². The van der Waals surface area contributed by atoms with Crippen LogP contribution in [0.25, 0.3) is 0 Å². The fourth-order valence-electron chi connectivity index (χ4n) is 0.981. The zero-order valence-corrected chi connectivity index (χ0v) is 11.0. The molecule has 72 valence electrons. The quantitative estimate of drug-likeness (QED) is 0.450. The largest absolute Gasteiger partial charge is 1.00 e. The van der Waals surface area contributed by atoms with Gasteiger partial charge in [0, 0.05) is 10.5 Å². The molecule has 0 amide bonds. The number of hydrogen-bond donors (Lipinski definition) is 0. The average Bonchev–Trinajstić information content (AvgIpc) is 2.09. The molecule has 1 aromatic rings. The van der Waals surface area contributed by atoms with Crippen molar-refractivity contribution in [2.45, 2.75) is 11.8 Å². The molecule has 0 aromatic heterocycles. The van der Waals surface area contributed by atoms with Crippen molar-refractivity contribution in [2.24, 2.45) is 0 Å². The van der Waals surface area contributed by atoms with Gasteiger partial charge in [0.15, 0.2) is 11.6 Å². The number of benzene rings is 1. The first-order valence-electron chi connectivity index (χ1n) is 3.50. The predicted octanol–water partition coefficient (Wildman–Crippen LogP) is -1.62. The zero-order chi connectivity index (χ0) is 10.0. The SMILES string of the molecule is COc1ccc(S(=O)[O-])c(C)c1F.[Na+]. The Balaban J connectivity index is 0.00000169. The van der Waals surface area contributed by atoms with Gasteiger partial charge in [0.2, 0.25) is 0 Å². The number of halogens is 1. The summed E-state index contributed by atoms with van der Waals surface area (Å²) in [6.45, 7) is 1.39. The molecule has 0 radical (unpaired) electrons. The second kappa shape index (κ2) is 5.82. The van der Waals surface area contributed by atoms with E-state index in [4.69, 9.17) is 0 Å². The summed E-state index contributed by atoms with van der Waals surface area (Å²) >= 11 is -2.41. The van der Waals surface area contributed by atoms with E-state index in [0.717, 1.165) is 0 Å². The van der Waals surface area contributed by atoms with Crippen molar-refractivity contribution in [3.05, 3.63) is 23.5 Å². The van der Waals surface area contributed by atoms with E-state index in [0.29, 0.717) is 0 Å². The van der Waals surface area contributed by atoms with E-state index in [1.165, 1.54) is 26.2 Å². The Hall–Kier alpha value is 0.0600. The molecular weight excluding hydrogens is 218 g/mol. The topological polar surface area (TPSA) is 49.4 Å². The summed E-state index contributed by atoms with van der Waals surface area (Å²) in [6, 6.07) is 2.59. The maximum absolute atomic E-state index is 13.2. The van der Waals surface area contributed by atoms with Crippen LogP contribution < -0.4 is 34.3 Å². The van der Waals surface area contributed by atoms with Crippen molar-refractivity contribution in [3.8, 4) is 5.75 Å². The molecule has 0 N–H and O–H groups in total. The van der Waals surface area contributed by atoms with Crippen LogP contribution in [0, 0.1) is 12.7 Å². The summed E-state index contributed by atoms with van der Waals surface area (Å²) in [7, 11) is 1.33. The van der Waals surface area contributed by atoms with Crippen molar-refractivity contribution >= 4 is 11.1 Å². The third-order valence-corrected chi connectivity index (χ3v) is 2.50. The molecule has 1 unspecified atom stereocenters. The molecule has 0 bridgehead atoms. The monoisotopic (exact) mass is 226 g/mol. The Bertz CT molecular complexity index is 357. The van der Waals surface area contributed by atoms with Gasteiger partial charge in [-0.15, -0.1) is 0 Å². The molecule has 0 fully saturated rings. The van der Waals surface area contributed by atoms with Crippen molar-refractivity contribution in [2.75, 3.05) is 7.11 Å². The first-order chi connectivity index (χ1) is 6.07. The van der Waals surface area contributed by atoms with E-state index in [2.05, 4.69) is 4.74 Å². The normalized spacial score (nSPS) is 11.7. The van der Waals surface area contributed by atoms with Gasteiger partial charge in [-0.3, -0.25) is 4.21 Å². The summed E-state index contributed by atoms with van der Waals surface area (Å²) in [4.78, 5) is -0.0432. The van der Waals surface area contributed by atoms with E-state index in [1.54, 1.807) is 0 Å². The van der Waals surface area contributed by atoms with Gasteiger partial charge in [0.05, 0.1) is 7.11 Å². The Morgan fingerprint density at radius 3 is 2.50 bits per heavy atom. The summed E-state index contributed by atoms with van der Waals surface area (Å²) in [6.07, 6.45) is 0. The molecule has 14 heavy (non-hydrogen) atoms. The van der Waals surface area contributed by atoms with E-state index in [1.807, 2.05) is 0 Å². The predicted molar refractivity (Wildman–Crippen MR) is 44.9 cm³/mol. The van der Waals surface area contributed by atoms with Crippen molar-refractivity contribution < 1.29 is 47.4 Å². The Morgan fingerprint density at radius 1 is 1.50 bits per heavy atom. The fourth-order valence-corrected chi connectivity index (χ4v) is 1.50. The number of hydrogen-bond acceptors (Lipinski definition) is 3. The number of rotatable bonds is 2. The van der Waals surface area contributed by atoms with Crippen LogP contribution in [0.5, 0.6) is 5.75 Å². The van der Waals surface area contributed by atoms with E-state index in [9.17, 15) is 13.2 Å². The molecule has 0 heterocycles. The van der Waals surface area contributed by atoms with Crippen molar-refractivity contribution in [1.82, 2.24) is 0 Å². The molecule has 0 saturated carbocycles. The molecule has 0 spiro atoms. The summed E-state index contributed by atoms with van der Waals surface area (Å²) in [5.41, 5.74) is 0.0766. The summed E-state index contributed by atoms with van der Waals surface area (Å²) < 4.78 is 39.0. The Kier molecular flexibility index (Phi) is 5.85. The van der Waals surface area contributed by atoms with Gasteiger partial charge in [-0.1, -0.05) is 0 Å². The molecule has 1 atom stereocenters. The average molecular weight is 226 g/mol. The number of ether oxygens (including phenoxy) is 1. The maximum Gasteiger partial charge on any atom is 1.00 e. The van der Waals surface area contributed by atoms with Gasteiger partial charge in [0.25, 0.3) is 0 Å². The molecule has 6 heteroatoms. The standard InChI is InChI=1S/C8H9FO3S.Na/c1-5-7(13(10)11)4-3-6(12-2)8(5)9;/h3-4H,1-2H3,(H,10,11);/q;+1/p-1.